The van der Waals surface area contributed by atoms with E-state index >= 15 is 0 Å². The third-order valence-corrected chi connectivity index (χ3v) is 4.00. The van der Waals surface area contributed by atoms with Crippen LogP contribution >= 0.6 is 15.9 Å². The molecule has 0 unspecified atom stereocenters. The molecular weight excluding hydrogens is 330 g/mol. The van der Waals surface area contributed by atoms with Crippen molar-refractivity contribution in [2.75, 3.05) is 0 Å². The summed E-state index contributed by atoms with van der Waals surface area (Å²) in [6.07, 6.45) is 0. The first-order valence-corrected chi connectivity index (χ1v) is 7.44. The molecule has 0 aliphatic carbocycles. The maximum Gasteiger partial charge on any atom is 0.287 e. The van der Waals surface area contributed by atoms with E-state index in [1.807, 2.05) is 49.4 Å². The van der Waals surface area contributed by atoms with Crippen molar-refractivity contribution < 1.29 is 9.21 Å². The minimum Gasteiger partial charge on any atom is -0.451 e. The van der Waals surface area contributed by atoms with E-state index in [1.54, 1.807) is 6.07 Å². The van der Waals surface area contributed by atoms with Crippen LogP contribution in [0.2, 0.25) is 0 Å². The van der Waals surface area contributed by atoms with Gasteiger partial charge in [-0.2, -0.15) is 0 Å². The van der Waals surface area contributed by atoms with Gasteiger partial charge in [-0.1, -0.05) is 51.8 Å². The average molecular weight is 344 g/mol. The first-order valence-electron chi connectivity index (χ1n) is 6.65. The molecule has 0 atom stereocenters. The van der Waals surface area contributed by atoms with Crippen molar-refractivity contribution >= 4 is 32.8 Å². The van der Waals surface area contributed by atoms with Gasteiger partial charge in [0, 0.05) is 16.4 Å². The molecule has 2 aromatic carbocycles. The fourth-order valence-corrected chi connectivity index (χ4v) is 2.58. The van der Waals surface area contributed by atoms with E-state index < -0.39 is 0 Å². The summed E-state index contributed by atoms with van der Waals surface area (Å²) >= 11 is 3.45. The number of nitrogens with one attached hydrogen (secondary N) is 1. The molecule has 3 rings (SSSR count). The average Bonchev–Trinajstić information content (AvgIpc) is 2.92. The zero-order valence-electron chi connectivity index (χ0n) is 11.5. The van der Waals surface area contributed by atoms with Gasteiger partial charge in [-0.05, 0) is 30.7 Å². The van der Waals surface area contributed by atoms with Crippen LogP contribution in [0.25, 0.3) is 11.0 Å². The molecule has 0 aliphatic rings. The van der Waals surface area contributed by atoms with Gasteiger partial charge in [0.05, 0.1) is 0 Å². The standard InChI is InChI=1S/C17H14BrNO2/c1-11-5-7-12(8-6-11)10-19-17(20)16-9-13-14(18)3-2-4-15(13)21-16/h2-9H,10H2,1H3,(H,19,20). The van der Waals surface area contributed by atoms with Crippen molar-refractivity contribution in [3.63, 3.8) is 0 Å². The molecule has 1 amide bonds. The van der Waals surface area contributed by atoms with Crippen molar-refractivity contribution in [1.29, 1.82) is 0 Å². The monoisotopic (exact) mass is 343 g/mol. The molecule has 3 aromatic rings. The Bertz CT molecular complexity index is 790. The van der Waals surface area contributed by atoms with Crippen LogP contribution < -0.4 is 5.32 Å². The second-order valence-corrected chi connectivity index (χ2v) is 5.78. The molecule has 0 bridgehead atoms. The third kappa shape index (κ3) is 3.00. The van der Waals surface area contributed by atoms with E-state index in [0.717, 1.165) is 15.4 Å². The van der Waals surface area contributed by atoms with Crippen molar-refractivity contribution in [3.05, 3.63) is 69.9 Å². The molecule has 0 aliphatic heterocycles. The van der Waals surface area contributed by atoms with Gasteiger partial charge < -0.3 is 9.73 Å². The van der Waals surface area contributed by atoms with Crippen molar-refractivity contribution in [2.45, 2.75) is 13.5 Å². The molecule has 0 spiro atoms. The van der Waals surface area contributed by atoms with E-state index in [1.165, 1.54) is 5.56 Å². The van der Waals surface area contributed by atoms with Crippen LogP contribution in [0.5, 0.6) is 0 Å². The molecule has 0 fully saturated rings. The molecular formula is C17H14BrNO2. The molecule has 106 valence electrons. The van der Waals surface area contributed by atoms with Gasteiger partial charge in [-0.25, -0.2) is 0 Å². The topological polar surface area (TPSA) is 42.2 Å². The van der Waals surface area contributed by atoms with Crippen LogP contribution in [0.3, 0.4) is 0 Å². The summed E-state index contributed by atoms with van der Waals surface area (Å²) in [7, 11) is 0. The van der Waals surface area contributed by atoms with Gasteiger partial charge >= 0.3 is 0 Å². The van der Waals surface area contributed by atoms with Crippen LogP contribution in [-0.2, 0) is 6.54 Å². The Morgan fingerprint density at radius 2 is 1.95 bits per heavy atom. The molecule has 0 saturated heterocycles. The van der Waals surface area contributed by atoms with Crippen molar-refractivity contribution in [1.82, 2.24) is 5.32 Å². The number of carbonyl (C=O) groups excluding carboxylic acids is 1. The van der Waals surface area contributed by atoms with E-state index in [4.69, 9.17) is 4.42 Å². The summed E-state index contributed by atoms with van der Waals surface area (Å²) in [5, 5.41) is 3.77. The molecule has 0 saturated carbocycles. The second-order valence-electron chi connectivity index (χ2n) is 4.93. The molecule has 4 heteroatoms. The quantitative estimate of drug-likeness (QED) is 0.764. The Hall–Kier alpha value is -2.07. The first kappa shape index (κ1) is 13.9. The lowest BCUT2D eigenvalue weighted by atomic mass is 10.1. The van der Waals surface area contributed by atoms with Crippen LogP contribution in [-0.4, -0.2) is 5.91 Å². The van der Waals surface area contributed by atoms with E-state index in [9.17, 15) is 4.79 Å². The SMILES string of the molecule is Cc1ccc(CNC(=O)c2cc3c(Br)cccc3o2)cc1. The number of hydrogen-bond acceptors (Lipinski definition) is 2. The minimum absolute atomic E-state index is 0.210. The van der Waals surface area contributed by atoms with Gasteiger partial charge in [0.1, 0.15) is 5.58 Å². The summed E-state index contributed by atoms with van der Waals surface area (Å²) in [6, 6.07) is 15.5. The number of benzene rings is 2. The molecule has 1 aromatic heterocycles. The van der Waals surface area contributed by atoms with E-state index in [0.29, 0.717) is 17.9 Å². The van der Waals surface area contributed by atoms with Gasteiger partial charge in [0.2, 0.25) is 0 Å². The Morgan fingerprint density at radius 1 is 1.19 bits per heavy atom. The summed E-state index contributed by atoms with van der Waals surface area (Å²) in [5.74, 6) is 0.114. The Labute approximate surface area is 131 Å². The molecule has 1 N–H and O–H groups in total. The normalized spacial score (nSPS) is 10.8. The fraction of sp³-hybridized carbons (Fsp3) is 0.118. The van der Waals surface area contributed by atoms with Crippen LogP contribution in [0.4, 0.5) is 0 Å². The lowest BCUT2D eigenvalue weighted by Crippen LogP contribution is -2.22. The predicted molar refractivity (Wildman–Crippen MR) is 86.3 cm³/mol. The number of amides is 1. The van der Waals surface area contributed by atoms with Gasteiger partial charge in [-0.3, -0.25) is 4.79 Å². The zero-order chi connectivity index (χ0) is 14.8. The highest BCUT2D eigenvalue weighted by molar-refractivity contribution is 9.10. The first-order chi connectivity index (χ1) is 10.1. The number of hydrogen-bond donors (Lipinski definition) is 1. The predicted octanol–water partition coefficient (Wildman–Crippen LogP) is 4.43. The number of halogens is 1. The van der Waals surface area contributed by atoms with Crippen LogP contribution in [0, 0.1) is 6.92 Å². The van der Waals surface area contributed by atoms with Crippen molar-refractivity contribution in [2.24, 2.45) is 0 Å². The van der Waals surface area contributed by atoms with E-state index in [2.05, 4.69) is 21.2 Å². The summed E-state index contributed by atoms with van der Waals surface area (Å²) in [5.41, 5.74) is 2.96. The Kier molecular flexibility index (Phi) is 3.80. The van der Waals surface area contributed by atoms with Crippen LogP contribution in [0.15, 0.2) is 57.4 Å². The zero-order valence-corrected chi connectivity index (χ0v) is 13.1. The molecule has 21 heavy (non-hydrogen) atoms. The highest BCUT2D eigenvalue weighted by Gasteiger charge is 2.13. The number of carbonyl (C=O) groups is 1. The molecule has 0 radical (unpaired) electrons. The Morgan fingerprint density at radius 3 is 2.67 bits per heavy atom. The third-order valence-electron chi connectivity index (χ3n) is 3.31. The summed E-state index contributed by atoms with van der Waals surface area (Å²) < 4.78 is 6.49. The highest BCUT2D eigenvalue weighted by atomic mass is 79.9. The largest absolute Gasteiger partial charge is 0.451 e. The highest BCUT2D eigenvalue weighted by Crippen LogP contribution is 2.26. The van der Waals surface area contributed by atoms with Gasteiger partial charge in [0.25, 0.3) is 5.91 Å². The smallest absolute Gasteiger partial charge is 0.287 e. The van der Waals surface area contributed by atoms with Crippen molar-refractivity contribution in [3.8, 4) is 0 Å². The van der Waals surface area contributed by atoms with E-state index in [-0.39, 0.29) is 5.91 Å². The number of furan rings is 1. The Balaban J connectivity index is 1.75. The summed E-state index contributed by atoms with van der Waals surface area (Å²) in [6.45, 7) is 2.52. The second kappa shape index (κ2) is 5.74. The lowest BCUT2D eigenvalue weighted by molar-refractivity contribution is 0.0925. The minimum atomic E-state index is -0.210. The molecule has 1 heterocycles. The number of aryl methyl sites for hydroxylation is 1. The maximum absolute atomic E-state index is 12.1. The summed E-state index contributed by atoms with van der Waals surface area (Å²) in [4.78, 5) is 12.1. The molecule has 3 nitrogen and oxygen atoms in total. The van der Waals surface area contributed by atoms with Crippen LogP contribution in [0.1, 0.15) is 21.7 Å². The number of fused-ring (bicyclic) bond motifs is 1. The number of rotatable bonds is 3. The fourth-order valence-electron chi connectivity index (χ4n) is 2.11. The lowest BCUT2D eigenvalue weighted by Gasteiger charge is -2.03. The van der Waals surface area contributed by atoms with Gasteiger partial charge in [-0.15, -0.1) is 0 Å². The van der Waals surface area contributed by atoms with Gasteiger partial charge in [0.15, 0.2) is 5.76 Å². The maximum atomic E-state index is 12.1.